The number of anilines is 1. The van der Waals surface area contributed by atoms with Gasteiger partial charge in [0.25, 0.3) is 6.01 Å². The number of fused-ring (bicyclic) bond motifs is 1. The van der Waals surface area contributed by atoms with Gasteiger partial charge in [-0.05, 0) is 56.2 Å². The minimum absolute atomic E-state index is 0.154. The molecular formula is C21H28N4O2. The third kappa shape index (κ3) is 3.20. The Morgan fingerprint density at radius 3 is 2.59 bits per heavy atom. The quantitative estimate of drug-likeness (QED) is 0.883. The monoisotopic (exact) mass is 368 g/mol. The summed E-state index contributed by atoms with van der Waals surface area (Å²) >= 11 is 0. The normalized spacial score (nSPS) is 23.4. The van der Waals surface area contributed by atoms with Gasteiger partial charge in [0.15, 0.2) is 5.58 Å². The lowest BCUT2D eigenvalue weighted by Crippen LogP contribution is -2.48. The lowest BCUT2D eigenvalue weighted by molar-refractivity contribution is -0.138. The molecule has 5 rings (SSSR count). The topological polar surface area (TPSA) is 61.6 Å². The molecule has 2 aromatic rings. The molecule has 0 bridgehead atoms. The molecule has 0 aliphatic carbocycles. The van der Waals surface area contributed by atoms with Crippen molar-refractivity contribution in [2.75, 3.05) is 44.2 Å². The molecule has 6 nitrogen and oxygen atoms in total. The molecule has 1 aromatic carbocycles. The Balaban J connectivity index is 1.17. The predicted octanol–water partition coefficient (Wildman–Crippen LogP) is 2.65. The number of nitrogens with one attached hydrogen (secondary N) is 1. The average molecular weight is 368 g/mol. The van der Waals surface area contributed by atoms with E-state index in [-0.39, 0.29) is 5.92 Å². The van der Waals surface area contributed by atoms with Crippen molar-refractivity contribution in [1.29, 1.82) is 0 Å². The maximum absolute atomic E-state index is 13.0. The van der Waals surface area contributed by atoms with Crippen molar-refractivity contribution in [1.82, 2.24) is 15.2 Å². The molecule has 0 atom stereocenters. The molecule has 27 heavy (non-hydrogen) atoms. The molecule has 4 heterocycles. The van der Waals surface area contributed by atoms with Crippen molar-refractivity contribution in [3.8, 4) is 0 Å². The predicted molar refractivity (Wildman–Crippen MR) is 105 cm³/mol. The van der Waals surface area contributed by atoms with Crippen LogP contribution in [0.3, 0.4) is 0 Å². The molecule has 144 valence electrons. The first kappa shape index (κ1) is 17.0. The summed E-state index contributed by atoms with van der Waals surface area (Å²) < 4.78 is 5.89. The average Bonchev–Trinajstić information content (AvgIpc) is 3.35. The van der Waals surface area contributed by atoms with E-state index >= 15 is 0 Å². The Labute approximate surface area is 159 Å². The number of carbonyl (C=O) groups excluding carboxylic acids is 1. The zero-order valence-electron chi connectivity index (χ0n) is 15.8. The van der Waals surface area contributed by atoms with Gasteiger partial charge in [0.05, 0.1) is 0 Å². The third-order valence-electron chi connectivity index (χ3n) is 6.87. The van der Waals surface area contributed by atoms with Gasteiger partial charge in [0.1, 0.15) is 5.52 Å². The molecule has 6 heteroatoms. The van der Waals surface area contributed by atoms with Gasteiger partial charge in [-0.2, -0.15) is 4.98 Å². The fraction of sp³-hybridized carbons (Fsp3) is 0.619. The van der Waals surface area contributed by atoms with Gasteiger partial charge >= 0.3 is 0 Å². The van der Waals surface area contributed by atoms with Crippen LogP contribution in [0.2, 0.25) is 0 Å². The van der Waals surface area contributed by atoms with Crippen LogP contribution in [-0.2, 0) is 4.79 Å². The summed E-state index contributed by atoms with van der Waals surface area (Å²) in [5.41, 5.74) is 2.19. The second-order valence-corrected chi connectivity index (χ2v) is 8.48. The largest absolute Gasteiger partial charge is 0.423 e. The number of piperidine rings is 2. The van der Waals surface area contributed by atoms with Crippen LogP contribution in [0, 0.1) is 11.3 Å². The highest BCUT2D eigenvalue weighted by Gasteiger charge is 2.39. The van der Waals surface area contributed by atoms with Crippen LogP contribution in [0.1, 0.15) is 32.1 Å². The zero-order valence-corrected chi connectivity index (χ0v) is 15.8. The van der Waals surface area contributed by atoms with Crippen LogP contribution >= 0.6 is 0 Å². The number of hydrogen-bond donors (Lipinski definition) is 1. The zero-order chi connectivity index (χ0) is 18.3. The molecule has 3 fully saturated rings. The molecule has 0 radical (unpaired) electrons. The second-order valence-electron chi connectivity index (χ2n) is 8.48. The Morgan fingerprint density at radius 2 is 1.89 bits per heavy atom. The van der Waals surface area contributed by atoms with E-state index < -0.39 is 0 Å². The van der Waals surface area contributed by atoms with E-state index in [2.05, 4.69) is 20.1 Å². The third-order valence-corrected chi connectivity index (χ3v) is 6.87. The molecule has 1 spiro atoms. The van der Waals surface area contributed by atoms with Crippen LogP contribution in [-0.4, -0.2) is 55.1 Å². The highest BCUT2D eigenvalue weighted by atomic mass is 16.4. The minimum atomic E-state index is 0.154. The van der Waals surface area contributed by atoms with Gasteiger partial charge < -0.3 is 19.5 Å². The number of aromatic nitrogens is 1. The van der Waals surface area contributed by atoms with Crippen molar-refractivity contribution in [3.05, 3.63) is 24.3 Å². The summed E-state index contributed by atoms with van der Waals surface area (Å²) in [6, 6.07) is 8.55. The van der Waals surface area contributed by atoms with Crippen molar-refractivity contribution < 1.29 is 9.21 Å². The van der Waals surface area contributed by atoms with Gasteiger partial charge in [0.2, 0.25) is 5.91 Å². The number of hydrogen-bond acceptors (Lipinski definition) is 5. The van der Waals surface area contributed by atoms with E-state index in [0.29, 0.717) is 17.3 Å². The van der Waals surface area contributed by atoms with E-state index in [4.69, 9.17) is 4.42 Å². The summed E-state index contributed by atoms with van der Waals surface area (Å²) in [5, 5.41) is 3.50. The maximum Gasteiger partial charge on any atom is 0.298 e. The first-order valence-electron chi connectivity index (χ1n) is 10.3. The van der Waals surface area contributed by atoms with Gasteiger partial charge in [-0.25, -0.2) is 0 Å². The van der Waals surface area contributed by atoms with E-state index in [0.717, 1.165) is 76.1 Å². The molecule has 3 aliphatic rings. The summed E-state index contributed by atoms with van der Waals surface area (Å²) in [7, 11) is 0. The van der Waals surface area contributed by atoms with Crippen LogP contribution in [0.5, 0.6) is 0 Å². The standard InChI is InChI=1S/C21H28N4O2/c26-19(24-13-8-21(9-14-24)7-10-22-15-21)16-5-11-25(12-6-16)20-23-17-3-1-2-4-18(17)27-20/h1-4,16,22H,5-15H2. The molecule has 1 aromatic heterocycles. The lowest BCUT2D eigenvalue weighted by Gasteiger charge is -2.41. The SMILES string of the molecule is O=C(C1CCN(c2nc3ccccc3o2)CC1)N1CCC2(CCNC2)CC1. The first-order valence-corrected chi connectivity index (χ1v) is 10.3. The van der Waals surface area contributed by atoms with Crippen LogP contribution in [0.25, 0.3) is 11.1 Å². The molecule has 0 unspecified atom stereocenters. The Kier molecular flexibility index (Phi) is 4.31. The van der Waals surface area contributed by atoms with Crippen LogP contribution in [0.4, 0.5) is 6.01 Å². The van der Waals surface area contributed by atoms with E-state index in [1.807, 2.05) is 24.3 Å². The highest BCUT2D eigenvalue weighted by Crippen LogP contribution is 2.37. The minimum Gasteiger partial charge on any atom is -0.423 e. The number of oxazole rings is 1. The molecular weight excluding hydrogens is 340 g/mol. The molecule has 1 amide bonds. The first-order chi connectivity index (χ1) is 13.2. The molecule has 0 saturated carbocycles. The smallest absolute Gasteiger partial charge is 0.298 e. The van der Waals surface area contributed by atoms with Gasteiger partial charge in [-0.1, -0.05) is 12.1 Å². The fourth-order valence-electron chi connectivity index (χ4n) is 4.99. The van der Waals surface area contributed by atoms with E-state index in [1.54, 1.807) is 0 Å². The fourth-order valence-corrected chi connectivity index (χ4v) is 4.99. The summed E-state index contributed by atoms with van der Waals surface area (Å²) in [5.74, 6) is 0.523. The van der Waals surface area contributed by atoms with E-state index in [9.17, 15) is 4.79 Å². The van der Waals surface area contributed by atoms with Gasteiger partial charge in [0, 0.05) is 38.6 Å². The molecule has 3 saturated heterocycles. The molecule has 1 N–H and O–H groups in total. The number of carbonyl (C=O) groups is 1. The summed E-state index contributed by atoms with van der Waals surface area (Å²) in [4.78, 5) is 21.9. The van der Waals surface area contributed by atoms with Crippen molar-refractivity contribution >= 4 is 23.0 Å². The highest BCUT2D eigenvalue weighted by molar-refractivity contribution is 5.79. The van der Waals surface area contributed by atoms with Crippen LogP contribution < -0.4 is 10.2 Å². The number of nitrogens with zero attached hydrogens (tertiary/aromatic N) is 3. The number of likely N-dealkylation sites (tertiary alicyclic amines) is 1. The number of rotatable bonds is 2. The maximum atomic E-state index is 13.0. The van der Waals surface area contributed by atoms with Gasteiger partial charge in [-0.15, -0.1) is 0 Å². The lowest BCUT2D eigenvalue weighted by atomic mass is 9.77. The van der Waals surface area contributed by atoms with E-state index in [1.165, 1.54) is 6.42 Å². The number of benzene rings is 1. The van der Waals surface area contributed by atoms with Crippen LogP contribution in [0.15, 0.2) is 28.7 Å². The summed E-state index contributed by atoms with van der Waals surface area (Å²) in [6.45, 7) is 5.83. The summed E-state index contributed by atoms with van der Waals surface area (Å²) in [6.07, 6.45) is 5.38. The Bertz CT molecular complexity index is 775. The second kappa shape index (κ2) is 6.82. The Morgan fingerprint density at radius 1 is 1.11 bits per heavy atom. The Hall–Kier alpha value is -2.08. The number of para-hydroxylation sites is 2. The van der Waals surface area contributed by atoms with Crippen molar-refractivity contribution in [2.45, 2.75) is 32.1 Å². The van der Waals surface area contributed by atoms with Gasteiger partial charge in [-0.3, -0.25) is 4.79 Å². The van der Waals surface area contributed by atoms with Crippen molar-refractivity contribution in [3.63, 3.8) is 0 Å². The van der Waals surface area contributed by atoms with Crippen molar-refractivity contribution in [2.24, 2.45) is 11.3 Å². The molecule has 3 aliphatic heterocycles. The number of amides is 1.